The van der Waals surface area contributed by atoms with Gasteiger partial charge in [0.1, 0.15) is 5.82 Å². The fourth-order valence-electron chi connectivity index (χ4n) is 3.53. The van der Waals surface area contributed by atoms with E-state index in [2.05, 4.69) is 0 Å². The van der Waals surface area contributed by atoms with Crippen LogP contribution in [0.1, 0.15) is 13.3 Å². The summed E-state index contributed by atoms with van der Waals surface area (Å²) in [5.41, 5.74) is 0. The summed E-state index contributed by atoms with van der Waals surface area (Å²) in [4.78, 5) is 12.2. The van der Waals surface area contributed by atoms with Crippen LogP contribution in [0.15, 0.2) is 41.3 Å². The van der Waals surface area contributed by atoms with Gasteiger partial charge in [0, 0.05) is 0 Å². The van der Waals surface area contributed by atoms with Gasteiger partial charge in [-0.05, 0) is 49.4 Å². The van der Waals surface area contributed by atoms with Gasteiger partial charge in [0.05, 0.1) is 22.7 Å². The molecule has 0 N–H and O–H groups in total. The Labute approximate surface area is 128 Å². The largest absolute Gasteiger partial charge is 0.466 e. The zero-order valence-corrected chi connectivity index (χ0v) is 12.9. The highest BCUT2D eigenvalue weighted by atomic mass is 32.2. The fourth-order valence-corrected chi connectivity index (χ4v) is 5.72. The SMILES string of the molecule is CCOC(=O)[C@@H]1[C@H](S(=O)(=O)c2ccc(F)cc2)[C@@H]2C=C[C@H]1C2. The molecular weight excluding hydrogens is 307 g/mol. The molecule has 0 radical (unpaired) electrons. The Bertz CT molecular complexity index is 708. The van der Waals surface area contributed by atoms with Crippen molar-refractivity contribution in [3.63, 3.8) is 0 Å². The highest BCUT2D eigenvalue weighted by Gasteiger charge is 2.54. The molecular formula is C16H17FO4S. The number of esters is 1. The summed E-state index contributed by atoms with van der Waals surface area (Å²) in [6.45, 7) is 1.92. The van der Waals surface area contributed by atoms with Crippen LogP contribution >= 0.6 is 0 Å². The zero-order valence-electron chi connectivity index (χ0n) is 12.1. The van der Waals surface area contributed by atoms with E-state index < -0.39 is 32.8 Å². The monoisotopic (exact) mass is 324 g/mol. The molecule has 3 rings (SSSR count). The first-order valence-electron chi connectivity index (χ1n) is 7.29. The van der Waals surface area contributed by atoms with E-state index in [1.165, 1.54) is 12.1 Å². The molecule has 2 aliphatic rings. The molecule has 1 aromatic carbocycles. The molecule has 22 heavy (non-hydrogen) atoms. The lowest BCUT2D eigenvalue weighted by Crippen LogP contribution is -2.39. The van der Waals surface area contributed by atoms with E-state index in [-0.39, 0.29) is 23.3 Å². The topological polar surface area (TPSA) is 60.4 Å². The van der Waals surface area contributed by atoms with E-state index in [4.69, 9.17) is 4.74 Å². The van der Waals surface area contributed by atoms with E-state index in [0.29, 0.717) is 6.42 Å². The number of ether oxygens (including phenoxy) is 1. The number of hydrogen-bond donors (Lipinski definition) is 0. The summed E-state index contributed by atoms with van der Waals surface area (Å²) in [5.74, 6) is -1.91. The zero-order chi connectivity index (χ0) is 15.9. The average molecular weight is 324 g/mol. The number of rotatable bonds is 4. The second kappa shape index (κ2) is 5.50. The van der Waals surface area contributed by atoms with Gasteiger partial charge in [-0.2, -0.15) is 0 Å². The molecule has 2 bridgehead atoms. The number of allylic oxidation sites excluding steroid dienone is 2. The van der Waals surface area contributed by atoms with Gasteiger partial charge < -0.3 is 4.74 Å². The number of carbonyl (C=O) groups excluding carboxylic acids is 1. The normalized spacial score (nSPS) is 29.7. The molecule has 0 spiro atoms. The van der Waals surface area contributed by atoms with Gasteiger partial charge in [-0.15, -0.1) is 0 Å². The number of fused-ring (bicyclic) bond motifs is 2. The Kier molecular flexibility index (Phi) is 3.80. The van der Waals surface area contributed by atoms with Crippen molar-refractivity contribution in [3.8, 4) is 0 Å². The Hall–Kier alpha value is -1.69. The smallest absolute Gasteiger partial charge is 0.310 e. The van der Waals surface area contributed by atoms with Crippen LogP contribution < -0.4 is 0 Å². The molecule has 4 nitrogen and oxygen atoms in total. The van der Waals surface area contributed by atoms with Gasteiger partial charge in [-0.25, -0.2) is 12.8 Å². The summed E-state index contributed by atoms with van der Waals surface area (Å²) in [6.07, 6.45) is 4.42. The minimum absolute atomic E-state index is 0.0501. The van der Waals surface area contributed by atoms with Gasteiger partial charge in [0.2, 0.25) is 0 Å². The molecule has 0 aromatic heterocycles. The minimum Gasteiger partial charge on any atom is -0.466 e. The van der Waals surface area contributed by atoms with E-state index >= 15 is 0 Å². The van der Waals surface area contributed by atoms with Crippen molar-refractivity contribution >= 4 is 15.8 Å². The molecule has 6 heteroatoms. The number of hydrogen-bond acceptors (Lipinski definition) is 4. The Morgan fingerprint density at radius 1 is 1.23 bits per heavy atom. The molecule has 118 valence electrons. The Morgan fingerprint density at radius 2 is 1.86 bits per heavy atom. The van der Waals surface area contributed by atoms with E-state index in [9.17, 15) is 17.6 Å². The average Bonchev–Trinajstić information content (AvgIpc) is 3.08. The highest BCUT2D eigenvalue weighted by molar-refractivity contribution is 7.92. The van der Waals surface area contributed by atoms with E-state index in [1.807, 2.05) is 12.2 Å². The van der Waals surface area contributed by atoms with Crippen LogP contribution in [0.25, 0.3) is 0 Å². The Morgan fingerprint density at radius 3 is 2.50 bits per heavy atom. The van der Waals surface area contributed by atoms with Crippen LogP contribution in [0.3, 0.4) is 0 Å². The van der Waals surface area contributed by atoms with Crippen molar-refractivity contribution in [2.45, 2.75) is 23.5 Å². The number of halogens is 1. The first kappa shape index (κ1) is 15.2. The maximum atomic E-state index is 13.0. The summed E-state index contributed by atoms with van der Waals surface area (Å²) in [5, 5.41) is -0.827. The molecule has 0 heterocycles. The molecule has 0 aliphatic heterocycles. The maximum absolute atomic E-state index is 13.0. The van der Waals surface area contributed by atoms with Gasteiger partial charge in [0.15, 0.2) is 9.84 Å². The highest BCUT2D eigenvalue weighted by Crippen LogP contribution is 2.48. The third kappa shape index (κ3) is 2.35. The van der Waals surface area contributed by atoms with Crippen molar-refractivity contribution in [1.29, 1.82) is 0 Å². The van der Waals surface area contributed by atoms with Crippen molar-refractivity contribution in [3.05, 3.63) is 42.2 Å². The number of sulfone groups is 1. The van der Waals surface area contributed by atoms with Crippen LogP contribution in [0.5, 0.6) is 0 Å². The maximum Gasteiger partial charge on any atom is 0.310 e. The molecule has 1 aromatic rings. The fraction of sp³-hybridized carbons (Fsp3) is 0.438. The minimum atomic E-state index is -3.72. The van der Waals surface area contributed by atoms with Gasteiger partial charge in [0.25, 0.3) is 0 Å². The third-order valence-electron chi connectivity index (χ3n) is 4.45. The van der Waals surface area contributed by atoms with E-state index in [1.54, 1.807) is 6.92 Å². The van der Waals surface area contributed by atoms with Crippen LogP contribution in [0.4, 0.5) is 4.39 Å². The number of benzene rings is 1. The predicted molar refractivity (Wildman–Crippen MR) is 78.2 cm³/mol. The lowest BCUT2D eigenvalue weighted by molar-refractivity contribution is -0.148. The first-order valence-corrected chi connectivity index (χ1v) is 8.84. The quantitative estimate of drug-likeness (QED) is 0.485. The summed E-state index contributed by atoms with van der Waals surface area (Å²) < 4.78 is 43.9. The molecule has 1 saturated carbocycles. The van der Waals surface area contributed by atoms with Gasteiger partial charge >= 0.3 is 5.97 Å². The lowest BCUT2D eigenvalue weighted by Gasteiger charge is -2.26. The molecule has 4 atom stereocenters. The molecule has 0 saturated heterocycles. The summed E-state index contributed by atoms with van der Waals surface area (Å²) >= 11 is 0. The molecule has 0 unspecified atom stereocenters. The first-order chi connectivity index (χ1) is 10.4. The van der Waals surface area contributed by atoms with Crippen molar-refractivity contribution in [2.24, 2.45) is 17.8 Å². The standard InChI is InChI=1S/C16H17FO4S/c1-2-21-16(18)14-10-3-4-11(9-10)15(14)22(19,20)13-7-5-12(17)6-8-13/h3-8,10-11,14-15H,2,9H2,1H3/t10-,11+,14-,15+/m0/s1. The summed E-state index contributed by atoms with van der Waals surface area (Å²) in [7, 11) is -3.72. The molecule has 0 amide bonds. The molecule has 2 aliphatic carbocycles. The van der Waals surface area contributed by atoms with Gasteiger partial charge in [-0.3, -0.25) is 4.79 Å². The third-order valence-corrected chi connectivity index (χ3v) is 6.73. The summed E-state index contributed by atoms with van der Waals surface area (Å²) in [6, 6.07) is 4.75. The van der Waals surface area contributed by atoms with Crippen LogP contribution in [0, 0.1) is 23.6 Å². The Balaban J connectivity index is 1.99. The lowest BCUT2D eigenvalue weighted by atomic mass is 9.93. The van der Waals surface area contributed by atoms with Crippen molar-refractivity contribution in [1.82, 2.24) is 0 Å². The second-order valence-corrected chi connectivity index (χ2v) is 7.80. The predicted octanol–water partition coefficient (Wildman–Crippen LogP) is 2.35. The second-order valence-electron chi connectivity index (χ2n) is 5.69. The van der Waals surface area contributed by atoms with Gasteiger partial charge in [-0.1, -0.05) is 12.2 Å². The van der Waals surface area contributed by atoms with E-state index in [0.717, 1.165) is 12.1 Å². The van der Waals surface area contributed by atoms with Crippen LogP contribution in [-0.4, -0.2) is 26.2 Å². The van der Waals surface area contributed by atoms with Crippen molar-refractivity contribution in [2.75, 3.05) is 6.61 Å². The number of carbonyl (C=O) groups is 1. The van der Waals surface area contributed by atoms with Crippen LogP contribution in [-0.2, 0) is 19.4 Å². The molecule has 1 fully saturated rings. The van der Waals surface area contributed by atoms with Crippen LogP contribution in [0.2, 0.25) is 0 Å². The van der Waals surface area contributed by atoms with Crippen molar-refractivity contribution < 1.29 is 22.3 Å².